The van der Waals surface area contributed by atoms with Crippen molar-refractivity contribution in [2.45, 2.75) is 25.7 Å². The smallest absolute Gasteiger partial charge is 0.255 e. The van der Waals surface area contributed by atoms with Crippen LogP contribution in [-0.4, -0.2) is 85.9 Å². The van der Waals surface area contributed by atoms with Gasteiger partial charge in [0.25, 0.3) is 5.91 Å². The van der Waals surface area contributed by atoms with E-state index in [-0.39, 0.29) is 29.7 Å². The Morgan fingerprint density at radius 3 is 2.43 bits per heavy atom. The van der Waals surface area contributed by atoms with Gasteiger partial charge in [0.15, 0.2) is 0 Å². The molecular formula is C21H30N4O4S. The van der Waals surface area contributed by atoms with Crippen LogP contribution in [0.15, 0.2) is 24.5 Å². The summed E-state index contributed by atoms with van der Waals surface area (Å²) in [6, 6.07) is 3.53. The molecule has 1 aliphatic carbocycles. The Balaban J connectivity index is 1.57. The van der Waals surface area contributed by atoms with Crippen LogP contribution >= 0.6 is 0 Å². The highest BCUT2D eigenvalue weighted by Crippen LogP contribution is 2.62. The lowest BCUT2D eigenvalue weighted by molar-refractivity contribution is -0.141. The Labute approximate surface area is 178 Å². The van der Waals surface area contributed by atoms with E-state index in [0.717, 1.165) is 19.3 Å². The van der Waals surface area contributed by atoms with Crippen molar-refractivity contribution in [2.75, 3.05) is 46.5 Å². The maximum absolute atomic E-state index is 13.2. The van der Waals surface area contributed by atoms with Crippen LogP contribution in [0.3, 0.4) is 0 Å². The third-order valence-corrected chi connectivity index (χ3v) is 8.79. The molecule has 4 rings (SSSR count). The number of hydrogen-bond donors (Lipinski definition) is 0. The number of hydrogen-bond acceptors (Lipinski definition) is 5. The average molecular weight is 435 g/mol. The summed E-state index contributed by atoms with van der Waals surface area (Å²) < 4.78 is 26.1. The van der Waals surface area contributed by atoms with E-state index in [0.29, 0.717) is 31.6 Å². The number of carbonyl (C=O) groups is 2. The van der Waals surface area contributed by atoms with Gasteiger partial charge in [0.05, 0.1) is 17.2 Å². The van der Waals surface area contributed by atoms with E-state index >= 15 is 0 Å². The van der Waals surface area contributed by atoms with Crippen molar-refractivity contribution in [3.05, 3.63) is 30.1 Å². The molecule has 30 heavy (non-hydrogen) atoms. The summed E-state index contributed by atoms with van der Waals surface area (Å²) in [5.74, 6) is 0.00502. The number of rotatable bonds is 3. The lowest BCUT2D eigenvalue weighted by atomic mass is 9.65. The molecule has 3 aliphatic rings. The topological polar surface area (TPSA) is 90.9 Å². The molecule has 2 aliphatic heterocycles. The van der Waals surface area contributed by atoms with E-state index in [1.165, 1.54) is 10.6 Å². The van der Waals surface area contributed by atoms with Crippen molar-refractivity contribution < 1.29 is 18.0 Å². The molecule has 1 aromatic heterocycles. The molecule has 0 N–H and O–H groups in total. The number of pyridine rings is 1. The van der Waals surface area contributed by atoms with Gasteiger partial charge in [-0.25, -0.2) is 12.7 Å². The predicted octanol–water partition coefficient (Wildman–Crippen LogP) is 1.06. The van der Waals surface area contributed by atoms with Crippen molar-refractivity contribution in [1.82, 2.24) is 19.1 Å². The zero-order chi connectivity index (χ0) is 21.7. The monoisotopic (exact) mass is 434 g/mol. The van der Waals surface area contributed by atoms with Crippen molar-refractivity contribution in [3.63, 3.8) is 0 Å². The largest absolute Gasteiger partial charge is 0.348 e. The number of aromatic nitrogens is 1. The first-order chi connectivity index (χ1) is 14.1. The van der Waals surface area contributed by atoms with Crippen LogP contribution in [0.5, 0.6) is 0 Å². The molecule has 3 heterocycles. The van der Waals surface area contributed by atoms with Gasteiger partial charge in [-0.2, -0.15) is 0 Å². The van der Waals surface area contributed by atoms with Gasteiger partial charge in [0.1, 0.15) is 0 Å². The maximum atomic E-state index is 13.2. The zero-order valence-corrected chi connectivity index (χ0v) is 18.7. The van der Waals surface area contributed by atoms with Crippen molar-refractivity contribution in [3.8, 4) is 0 Å². The summed E-state index contributed by atoms with van der Waals surface area (Å²) in [7, 11) is 0.128. The van der Waals surface area contributed by atoms with Gasteiger partial charge < -0.3 is 9.80 Å². The summed E-state index contributed by atoms with van der Waals surface area (Å²) in [6.45, 7) is 1.91. The maximum Gasteiger partial charge on any atom is 0.255 e. The van der Waals surface area contributed by atoms with Gasteiger partial charge in [-0.3, -0.25) is 14.6 Å². The second-order valence-electron chi connectivity index (χ2n) is 9.36. The molecule has 1 saturated carbocycles. The van der Waals surface area contributed by atoms with Crippen molar-refractivity contribution >= 4 is 21.8 Å². The van der Waals surface area contributed by atoms with Gasteiger partial charge in [-0.05, 0) is 49.1 Å². The first-order valence-electron chi connectivity index (χ1n) is 10.5. The standard InChI is InChI=1S/C21H30N4O4S/c1-23(2)19(27)21-7-6-20(17(21)14-25(15-21)30(3,28)29)8-11-24(12-9-20)18(26)16-5-4-10-22-13-16/h4-5,10,13,17H,6-9,11-12,14-15H2,1-3H3/t17-,21+/m0/s1. The van der Waals surface area contributed by atoms with E-state index in [1.807, 2.05) is 4.90 Å². The fraction of sp³-hybridized carbons (Fsp3) is 0.667. The van der Waals surface area contributed by atoms with Crippen LogP contribution < -0.4 is 0 Å². The Morgan fingerprint density at radius 2 is 1.87 bits per heavy atom. The molecule has 9 heteroatoms. The number of carbonyl (C=O) groups excluding carboxylic acids is 2. The normalized spacial score (nSPS) is 28.5. The number of fused-ring (bicyclic) bond motifs is 2. The number of piperidine rings is 1. The molecule has 1 spiro atoms. The third kappa shape index (κ3) is 3.32. The molecule has 2 saturated heterocycles. The van der Waals surface area contributed by atoms with Gasteiger partial charge in [0.2, 0.25) is 15.9 Å². The van der Waals surface area contributed by atoms with Gasteiger partial charge >= 0.3 is 0 Å². The van der Waals surface area contributed by atoms with Gasteiger partial charge in [0, 0.05) is 52.7 Å². The third-order valence-electron chi connectivity index (χ3n) is 7.58. The molecule has 2 amide bonds. The first-order valence-corrected chi connectivity index (χ1v) is 12.3. The fourth-order valence-electron chi connectivity index (χ4n) is 5.99. The highest BCUT2D eigenvalue weighted by molar-refractivity contribution is 7.88. The van der Waals surface area contributed by atoms with E-state index < -0.39 is 15.4 Å². The minimum Gasteiger partial charge on any atom is -0.348 e. The SMILES string of the molecule is CN(C)C(=O)[C@@]12CCC3(CCN(C(=O)c4cccnc4)CC3)[C@@H]1CN(S(C)(=O)=O)C2. The van der Waals surface area contributed by atoms with Crippen LogP contribution in [0.4, 0.5) is 0 Å². The highest BCUT2D eigenvalue weighted by Gasteiger charge is 2.65. The Hall–Kier alpha value is -2.00. The van der Waals surface area contributed by atoms with Crippen LogP contribution in [0.25, 0.3) is 0 Å². The summed E-state index contributed by atoms with van der Waals surface area (Å²) in [5.41, 5.74) is -0.167. The molecule has 8 nitrogen and oxygen atoms in total. The summed E-state index contributed by atoms with van der Waals surface area (Å²) in [5, 5.41) is 0. The second kappa shape index (κ2) is 7.30. The molecule has 0 unspecified atom stereocenters. The lowest BCUT2D eigenvalue weighted by Crippen LogP contribution is -2.49. The minimum absolute atomic E-state index is 0.00901. The van der Waals surface area contributed by atoms with Crippen LogP contribution in [0.2, 0.25) is 0 Å². The second-order valence-corrected chi connectivity index (χ2v) is 11.3. The molecule has 164 valence electrons. The van der Waals surface area contributed by atoms with E-state index in [2.05, 4.69) is 4.98 Å². The minimum atomic E-state index is -3.37. The van der Waals surface area contributed by atoms with Gasteiger partial charge in [-0.1, -0.05) is 0 Å². The Bertz CT molecular complexity index is 941. The average Bonchev–Trinajstić information content (AvgIpc) is 3.26. The van der Waals surface area contributed by atoms with Gasteiger partial charge in [-0.15, -0.1) is 0 Å². The highest BCUT2D eigenvalue weighted by atomic mass is 32.2. The van der Waals surface area contributed by atoms with Crippen LogP contribution in [0.1, 0.15) is 36.0 Å². The molecule has 0 radical (unpaired) electrons. The number of likely N-dealkylation sites (tertiary alicyclic amines) is 1. The molecular weight excluding hydrogens is 404 g/mol. The molecule has 1 aromatic rings. The number of amides is 2. The number of sulfonamides is 1. The predicted molar refractivity (Wildman–Crippen MR) is 112 cm³/mol. The van der Waals surface area contributed by atoms with Crippen molar-refractivity contribution in [1.29, 1.82) is 0 Å². The molecule has 2 atom stereocenters. The summed E-state index contributed by atoms with van der Waals surface area (Å²) in [6.07, 6.45) is 7.66. The molecule has 0 bridgehead atoms. The molecule has 0 aromatic carbocycles. The first kappa shape index (κ1) is 21.2. The number of nitrogens with zero attached hydrogens (tertiary/aromatic N) is 4. The fourth-order valence-corrected chi connectivity index (χ4v) is 6.88. The van der Waals surface area contributed by atoms with E-state index in [1.54, 1.807) is 43.5 Å². The van der Waals surface area contributed by atoms with Crippen molar-refractivity contribution in [2.24, 2.45) is 16.7 Å². The summed E-state index contributed by atoms with van der Waals surface area (Å²) in [4.78, 5) is 33.6. The molecule has 3 fully saturated rings. The van der Waals surface area contributed by atoms with Crippen LogP contribution in [-0.2, 0) is 14.8 Å². The quantitative estimate of drug-likeness (QED) is 0.710. The van der Waals surface area contributed by atoms with Crippen LogP contribution in [0, 0.1) is 16.7 Å². The van der Waals surface area contributed by atoms with E-state index in [4.69, 9.17) is 0 Å². The zero-order valence-electron chi connectivity index (χ0n) is 17.9. The van der Waals surface area contributed by atoms with E-state index in [9.17, 15) is 18.0 Å². The Morgan fingerprint density at radius 1 is 1.17 bits per heavy atom. The lowest BCUT2D eigenvalue weighted by Gasteiger charge is -2.44. The summed E-state index contributed by atoms with van der Waals surface area (Å²) >= 11 is 0. The Kier molecular flexibility index (Phi) is 5.17.